The molecule has 7 amide bonds. The summed E-state index contributed by atoms with van der Waals surface area (Å²) in [7, 11) is 0. The fourth-order valence-corrected chi connectivity index (χ4v) is 11.9. The third kappa shape index (κ3) is 26.2. The Labute approximate surface area is 595 Å². The molecule has 584 valence electrons. The molecule has 7 aliphatic heterocycles. The molecule has 0 aliphatic carbocycles. The predicted octanol–water partition coefficient (Wildman–Crippen LogP) is 5.50. The number of aliphatic hydroxyl groups excluding tert-OH is 2. The Morgan fingerprint density at radius 3 is 0.971 bits per heavy atom. The van der Waals surface area contributed by atoms with E-state index in [0.29, 0.717) is 38.9 Å². The van der Waals surface area contributed by atoms with E-state index in [-0.39, 0.29) is 86.2 Å². The average molecular weight is 1470 g/mol. The van der Waals surface area contributed by atoms with Gasteiger partial charge in [-0.05, 0) is 45.4 Å². The number of amides is 7. The van der Waals surface area contributed by atoms with Gasteiger partial charge < -0.3 is 80.3 Å². The van der Waals surface area contributed by atoms with Crippen molar-refractivity contribution in [2.24, 2.45) is 38.9 Å². The Kier molecular flexibility index (Phi) is 33.1. The van der Waals surface area contributed by atoms with Gasteiger partial charge in [0.05, 0.1) is 25.3 Å². The number of hydrogen-bond donors (Lipinski definition) is 9. The zero-order valence-corrected chi connectivity index (χ0v) is 62.9. The molecule has 0 aromatic rings. The van der Waals surface area contributed by atoms with Crippen molar-refractivity contribution >= 4 is 83.1 Å². The lowest BCUT2D eigenvalue weighted by Gasteiger charge is -2.35. The van der Waals surface area contributed by atoms with Crippen molar-refractivity contribution in [1.29, 1.82) is 0 Å². The van der Waals surface area contributed by atoms with Crippen LogP contribution in [0.1, 0.15) is 203 Å². The van der Waals surface area contributed by atoms with Gasteiger partial charge in [0.15, 0.2) is 0 Å². The molecule has 7 saturated heterocycles. The molecule has 30 nitrogen and oxygen atoms in total. The minimum Gasteiger partial charge on any atom is -0.480 e. The summed E-state index contributed by atoms with van der Waals surface area (Å²) in [6.07, 6.45) is 0.767. The van der Waals surface area contributed by atoms with Gasteiger partial charge in [-0.3, -0.25) is 33.6 Å². The molecule has 0 radical (unpaired) electrons. The molecule has 7 heterocycles. The summed E-state index contributed by atoms with van der Waals surface area (Å²) in [6, 6.07) is -5.36. The highest BCUT2D eigenvalue weighted by molar-refractivity contribution is 5.92. The molecule has 0 bridgehead atoms. The van der Waals surface area contributed by atoms with Gasteiger partial charge in [-0.2, -0.15) is 0 Å². The molecule has 9 N–H and O–H groups in total. The van der Waals surface area contributed by atoms with Crippen LogP contribution >= 0.6 is 0 Å². The first-order chi connectivity index (χ1) is 46.0. The molecule has 10 atom stereocenters. The number of carboxylic acids is 7. The normalized spacial score (nSPS) is 25.3. The fraction of sp³-hybridized carbons (Fsp3) is 0.797. The number of carbonyl (C=O) groups excluding carboxylic acids is 7. The molecule has 7 rings (SSSR count). The standard InChI is InChI=1S/C11H19NO3.C10H15F2NO3.C10H16FNO3.2C10H17NO4.2C9H15NO3/c1-10(2,3)8(13)12-7-5-6-11(12,4)9(14)15;1-9(2,3)8(16)13-5-10(11,12)4-6(13)7(14)15;1-10(2,3)9(15)12-5-6(11)4-7(12)8(13)14;2*1-10(2,3)9(15)11-5-6(12)4-7(11)8(13)14;2*1-6(2)8(11)10-5-3-4-7(10)9(12)13/h5-7H2,1-4H3,(H,14,15);6H,4-5H2,1-3H3,(H,14,15);6-7H,4-5H2,1-3H3,(H,13,14);2*6-7,12H,4-5H2,1-3H3,(H,13,14);2*6-7H,3-5H2,1-2H3,(H,12,13)/t11-;6-;6-,7+;2*6-,7-;7-;/m001100./s1. The zero-order valence-electron chi connectivity index (χ0n) is 62.9. The number of β-amino-alcohol motifs (C(OH)–C–C–N with tert-alkyl or cyclic N) is 2. The molecule has 33 heteroatoms. The highest BCUT2D eigenvalue weighted by Gasteiger charge is 2.53. The largest absolute Gasteiger partial charge is 0.480 e. The van der Waals surface area contributed by atoms with Crippen LogP contribution in [-0.2, 0) is 67.1 Å². The molecule has 0 saturated carbocycles. The van der Waals surface area contributed by atoms with E-state index >= 15 is 0 Å². The number of carboxylic acid groups (broad SMARTS) is 7. The lowest BCUT2D eigenvalue weighted by molar-refractivity contribution is -0.158. The Hall–Kier alpha value is -7.71. The van der Waals surface area contributed by atoms with Crippen LogP contribution in [0, 0.1) is 38.9 Å². The smallest absolute Gasteiger partial charge is 0.329 e. The third-order valence-electron chi connectivity index (χ3n) is 17.4. The van der Waals surface area contributed by atoms with Gasteiger partial charge in [0.1, 0.15) is 48.0 Å². The summed E-state index contributed by atoms with van der Waals surface area (Å²) in [5, 5.41) is 81.0. The van der Waals surface area contributed by atoms with Crippen LogP contribution in [-0.4, -0.2) is 275 Å². The Morgan fingerprint density at radius 1 is 0.392 bits per heavy atom. The van der Waals surface area contributed by atoms with Crippen molar-refractivity contribution in [3.63, 3.8) is 0 Å². The maximum Gasteiger partial charge on any atom is 0.329 e. The number of halogens is 3. The quantitative estimate of drug-likeness (QED) is 0.137. The fourth-order valence-electron chi connectivity index (χ4n) is 11.9. The lowest BCUT2D eigenvalue weighted by atomic mass is 9.91. The van der Waals surface area contributed by atoms with E-state index in [2.05, 4.69) is 0 Å². The van der Waals surface area contributed by atoms with Gasteiger partial charge >= 0.3 is 41.8 Å². The molecular formula is C69H114F3N7O23. The molecule has 0 aromatic carbocycles. The van der Waals surface area contributed by atoms with Crippen LogP contribution in [0.2, 0.25) is 0 Å². The minimum absolute atomic E-state index is 0.0510. The highest BCUT2D eigenvalue weighted by atomic mass is 19.3. The zero-order chi connectivity index (χ0) is 80.0. The number of rotatable bonds is 9. The second-order valence-electron chi connectivity index (χ2n) is 32.6. The number of hydrogen-bond acceptors (Lipinski definition) is 16. The van der Waals surface area contributed by atoms with Gasteiger partial charge in [-0.25, -0.2) is 46.7 Å². The van der Waals surface area contributed by atoms with Gasteiger partial charge in [0.2, 0.25) is 41.4 Å². The second kappa shape index (κ2) is 36.6. The lowest BCUT2D eigenvalue weighted by Crippen LogP contribution is -2.53. The van der Waals surface area contributed by atoms with Crippen molar-refractivity contribution in [1.82, 2.24) is 34.3 Å². The van der Waals surface area contributed by atoms with Crippen LogP contribution in [0.25, 0.3) is 0 Å². The van der Waals surface area contributed by atoms with E-state index in [9.17, 15) is 90.5 Å². The topological polar surface area (TPSA) is 444 Å². The van der Waals surface area contributed by atoms with Gasteiger partial charge in [-0.1, -0.05) is 132 Å². The van der Waals surface area contributed by atoms with Crippen molar-refractivity contribution in [3.05, 3.63) is 0 Å². The molecule has 7 fully saturated rings. The summed E-state index contributed by atoms with van der Waals surface area (Å²) >= 11 is 0. The number of likely N-dealkylation sites (tertiary alicyclic amines) is 7. The predicted molar refractivity (Wildman–Crippen MR) is 362 cm³/mol. The van der Waals surface area contributed by atoms with E-state index in [4.69, 9.17) is 35.7 Å². The van der Waals surface area contributed by atoms with Crippen LogP contribution in [0.3, 0.4) is 0 Å². The number of carbonyl (C=O) groups is 14. The first-order valence-corrected chi connectivity index (χ1v) is 34.2. The summed E-state index contributed by atoms with van der Waals surface area (Å²) < 4.78 is 39.3. The summed E-state index contributed by atoms with van der Waals surface area (Å²) in [5.41, 5.74) is -4.27. The summed E-state index contributed by atoms with van der Waals surface area (Å²) in [6.45, 7) is 35.5. The van der Waals surface area contributed by atoms with E-state index in [1.165, 1.54) is 24.5 Å². The molecule has 102 heavy (non-hydrogen) atoms. The number of aliphatic hydroxyl groups is 2. The van der Waals surface area contributed by atoms with Crippen molar-refractivity contribution < 1.29 is 126 Å². The SMILES string of the molecule is CC(C)(C)C(=O)N1CC(F)(F)C[C@H]1C(=O)O.CC(C)(C)C(=O)N1CCC[C@@]1(C)C(=O)O.CC(C)(C)C(=O)N1C[C@@H](O)C[C@H]1C(=O)O.CC(C)(C)C(=O)N1C[C@H](F)C[C@H]1C(=O)O.CC(C)(C)C(=O)N1C[C@H](O)C[C@@H]1C(=O)O.CC(C)C(=O)N1CCCC1C(=O)O.CC(C)C(=O)N1CCC[C@H]1C(=O)O. The highest BCUT2D eigenvalue weighted by Crippen LogP contribution is 2.37. The van der Waals surface area contributed by atoms with Gasteiger partial charge in [0.25, 0.3) is 5.92 Å². The number of nitrogens with zero attached hydrogens (tertiary/aromatic N) is 7. The molecule has 0 spiro atoms. The molecule has 0 aromatic heterocycles. The summed E-state index contributed by atoms with van der Waals surface area (Å²) in [4.78, 5) is 167. The first kappa shape index (κ1) is 92.3. The summed E-state index contributed by atoms with van der Waals surface area (Å²) in [5.74, 6) is -12.1. The second-order valence-corrected chi connectivity index (χ2v) is 32.6. The van der Waals surface area contributed by atoms with E-state index in [1.807, 2.05) is 20.8 Å². The Balaban J connectivity index is 0.000000596. The molecule has 1 unspecified atom stereocenters. The Morgan fingerprint density at radius 2 is 0.686 bits per heavy atom. The van der Waals surface area contributed by atoms with Crippen molar-refractivity contribution in [2.75, 3.05) is 45.8 Å². The third-order valence-corrected chi connectivity index (χ3v) is 17.4. The van der Waals surface area contributed by atoms with Crippen LogP contribution in [0.5, 0.6) is 0 Å². The van der Waals surface area contributed by atoms with Crippen LogP contribution in [0.15, 0.2) is 0 Å². The van der Waals surface area contributed by atoms with E-state index < -0.39 is 154 Å². The van der Waals surface area contributed by atoms with E-state index in [1.54, 1.807) is 118 Å². The Bertz CT molecular complexity index is 2840. The van der Waals surface area contributed by atoms with Gasteiger partial charge in [-0.15, -0.1) is 0 Å². The maximum absolute atomic E-state index is 13.1. The molecular weight excluding hydrogens is 1350 g/mol. The maximum atomic E-state index is 13.1. The van der Waals surface area contributed by atoms with Crippen LogP contribution in [0.4, 0.5) is 13.2 Å². The van der Waals surface area contributed by atoms with E-state index in [0.717, 1.165) is 29.1 Å². The number of aliphatic carboxylic acids is 7. The van der Waals surface area contributed by atoms with Crippen LogP contribution < -0.4 is 0 Å². The van der Waals surface area contributed by atoms with Crippen molar-refractivity contribution in [2.45, 2.75) is 269 Å². The number of alkyl halides is 3. The molecule has 7 aliphatic rings. The van der Waals surface area contributed by atoms with Gasteiger partial charge in [0, 0.05) is 97.3 Å². The monoisotopic (exact) mass is 1470 g/mol. The minimum atomic E-state index is -3.11. The average Bonchev–Trinajstić information content (AvgIpc) is 1.66. The van der Waals surface area contributed by atoms with Crippen molar-refractivity contribution in [3.8, 4) is 0 Å². The first-order valence-electron chi connectivity index (χ1n) is 34.2.